The Kier molecular flexibility index (Phi) is 4.95. The summed E-state index contributed by atoms with van der Waals surface area (Å²) in [5, 5.41) is 15.8. The van der Waals surface area contributed by atoms with Crippen LogP contribution in [0.3, 0.4) is 0 Å². The third-order valence-corrected chi connectivity index (χ3v) is 3.24. The number of rotatable bonds is 5. The summed E-state index contributed by atoms with van der Waals surface area (Å²) in [5.41, 5.74) is 3.05. The zero-order valence-electron chi connectivity index (χ0n) is 12.3. The minimum atomic E-state index is -0.231. The molecule has 0 aliphatic rings. The van der Waals surface area contributed by atoms with Gasteiger partial charge in [0.25, 0.3) is 5.91 Å². The lowest BCUT2D eigenvalue weighted by Gasteiger charge is -2.09. The summed E-state index contributed by atoms with van der Waals surface area (Å²) in [6.45, 7) is 5.52. The summed E-state index contributed by atoms with van der Waals surface area (Å²) in [4.78, 5) is 12.2. The molecule has 1 amide bonds. The van der Waals surface area contributed by atoms with Crippen LogP contribution in [0.4, 0.5) is 5.69 Å². The molecule has 0 aliphatic heterocycles. The lowest BCUT2D eigenvalue weighted by atomic mass is 10.1. The van der Waals surface area contributed by atoms with E-state index in [4.69, 9.17) is 0 Å². The van der Waals surface area contributed by atoms with Gasteiger partial charge in [-0.25, -0.2) is 0 Å². The SMILES string of the molecule is CCNCc1cccc(NC(=O)c2ccc(C)c(O)c2)c1. The summed E-state index contributed by atoms with van der Waals surface area (Å²) in [7, 11) is 0. The van der Waals surface area contributed by atoms with Crippen molar-refractivity contribution in [2.24, 2.45) is 0 Å². The van der Waals surface area contributed by atoms with Crippen LogP contribution in [0.2, 0.25) is 0 Å². The summed E-state index contributed by atoms with van der Waals surface area (Å²) in [6, 6.07) is 12.6. The van der Waals surface area contributed by atoms with Gasteiger partial charge < -0.3 is 15.7 Å². The highest BCUT2D eigenvalue weighted by molar-refractivity contribution is 6.04. The lowest BCUT2D eigenvalue weighted by Crippen LogP contribution is -2.14. The molecule has 0 aliphatic carbocycles. The second kappa shape index (κ2) is 6.90. The monoisotopic (exact) mass is 284 g/mol. The van der Waals surface area contributed by atoms with Gasteiger partial charge in [0.2, 0.25) is 0 Å². The Bertz CT molecular complexity index is 638. The maximum absolute atomic E-state index is 12.2. The number of benzene rings is 2. The zero-order valence-corrected chi connectivity index (χ0v) is 12.3. The van der Waals surface area contributed by atoms with Crippen molar-refractivity contribution in [3.63, 3.8) is 0 Å². The van der Waals surface area contributed by atoms with Crippen molar-refractivity contribution >= 4 is 11.6 Å². The normalized spacial score (nSPS) is 10.4. The largest absolute Gasteiger partial charge is 0.508 e. The Morgan fingerprint density at radius 1 is 1.19 bits per heavy atom. The molecule has 2 rings (SSSR count). The van der Waals surface area contributed by atoms with Crippen molar-refractivity contribution in [2.75, 3.05) is 11.9 Å². The molecule has 0 bridgehead atoms. The first-order chi connectivity index (χ1) is 10.1. The van der Waals surface area contributed by atoms with E-state index in [1.165, 1.54) is 6.07 Å². The van der Waals surface area contributed by atoms with Crippen molar-refractivity contribution in [1.29, 1.82) is 0 Å². The molecule has 0 heterocycles. The lowest BCUT2D eigenvalue weighted by molar-refractivity contribution is 0.102. The average molecular weight is 284 g/mol. The van der Waals surface area contributed by atoms with Gasteiger partial charge in [-0.1, -0.05) is 25.1 Å². The van der Waals surface area contributed by atoms with Crippen LogP contribution < -0.4 is 10.6 Å². The number of anilines is 1. The maximum atomic E-state index is 12.2. The molecule has 0 fully saturated rings. The number of nitrogens with one attached hydrogen (secondary N) is 2. The van der Waals surface area contributed by atoms with E-state index in [0.29, 0.717) is 5.56 Å². The molecule has 2 aromatic carbocycles. The first-order valence-corrected chi connectivity index (χ1v) is 7.00. The van der Waals surface area contributed by atoms with Crippen molar-refractivity contribution in [1.82, 2.24) is 5.32 Å². The molecule has 110 valence electrons. The predicted octanol–water partition coefficient (Wildman–Crippen LogP) is 3.06. The van der Waals surface area contributed by atoms with Crippen LogP contribution in [-0.2, 0) is 6.54 Å². The standard InChI is InChI=1S/C17H20N2O2/c1-3-18-11-13-5-4-6-15(9-13)19-17(21)14-8-7-12(2)16(20)10-14/h4-10,18,20H,3,11H2,1-2H3,(H,19,21). The van der Waals surface area contributed by atoms with Gasteiger partial charge in [-0.15, -0.1) is 0 Å². The third kappa shape index (κ3) is 4.07. The number of amides is 1. The smallest absolute Gasteiger partial charge is 0.255 e. The minimum Gasteiger partial charge on any atom is -0.508 e. The molecule has 4 nitrogen and oxygen atoms in total. The first-order valence-electron chi connectivity index (χ1n) is 7.00. The number of carbonyl (C=O) groups excluding carboxylic acids is 1. The molecule has 0 radical (unpaired) electrons. The number of hydrogen-bond donors (Lipinski definition) is 3. The Morgan fingerprint density at radius 3 is 2.71 bits per heavy atom. The van der Waals surface area contributed by atoms with Crippen LogP contribution in [0, 0.1) is 6.92 Å². The van der Waals surface area contributed by atoms with Crippen molar-refractivity contribution in [3.05, 3.63) is 59.2 Å². The van der Waals surface area contributed by atoms with Crippen molar-refractivity contribution in [3.8, 4) is 5.75 Å². The van der Waals surface area contributed by atoms with E-state index in [1.54, 1.807) is 19.1 Å². The Balaban J connectivity index is 2.10. The molecule has 0 unspecified atom stereocenters. The summed E-state index contributed by atoms with van der Waals surface area (Å²) in [5.74, 6) is -0.102. The van der Waals surface area contributed by atoms with E-state index >= 15 is 0 Å². The van der Waals surface area contributed by atoms with Gasteiger partial charge in [-0.2, -0.15) is 0 Å². The second-order valence-electron chi connectivity index (χ2n) is 4.94. The van der Waals surface area contributed by atoms with Crippen LogP contribution >= 0.6 is 0 Å². The fraction of sp³-hybridized carbons (Fsp3) is 0.235. The van der Waals surface area contributed by atoms with Crippen molar-refractivity contribution < 1.29 is 9.90 Å². The molecule has 21 heavy (non-hydrogen) atoms. The molecule has 4 heteroatoms. The second-order valence-corrected chi connectivity index (χ2v) is 4.94. The maximum Gasteiger partial charge on any atom is 0.255 e. The van der Waals surface area contributed by atoms with Crippen LogP contribution in [-0.4, -0.2) is 17.6 Å². The number of phenolic OH excluding ortho intramolecular Hbond substituents is 1. The van der Waals surface area contributed by atoms with Crippen molar-refractivity contribution in [2.45, 2.75) is 20.4 Å². The van der Waals surface area contributed by atoms with E-state index in [9.17, 15) is 9.90 Å². The average Bonchev–Trinajstić information content (AvgIpc) is 2.48. The molecule has 0 atom stereocenters. The van der Waals surface area contributed by atoms with Gasteiger partial charge in [0.1, 0.15) is 5.75 Å². The molecule has 0 saturated heterocycles. The summed E-state index contributed by atoms with van der Waals surface area (Å²) in [6.07, 6.45) is 0. The quantitative estimate of drug-likeness (QED) is 0.790. The Hall–Kier alpha value is -2.33. The number of phenols is 1. The Labute approximate surface area is 124 Å². The highest BCUT2D eigenvalue weighted by atomic mass is 16.3. The molecule has 2 aromatic rings. The minimum absolute atomic E-state index is 0.128. The third-order valence-electron chi connectivity index (χ3n) is 3.24. The molecule has 0 saturated carbocycles. The number of aromatic hydroxyl groups is 1. The van der Waals surface area contributed by atoms with E-state index in [1.807, 2.05) is 24.3 Å². The van der Waals surface area contributed by atoms with Crippen LogP contribution in [0.1, 0.15) is 28.4 Å². The summed E-state index contributed by atoms with van der Waals surface area (Å²) >= 11 is 0. The van der Waals surface area contributed by atoms with E-state index in [0.717, 1.165) is 29.9 Å². The van der Waals surface area contributed by atoms with Crippen LogP contribution in [0.25, 0.3) is 0 Å². The fourth-order valence-corrected chi connectivity index (χ4v) is 1.98. The predicted molar refractivity (Wildman–Crippen MR) is 84.6 cm³/mol. The first kappa shape index (κ1) is 15.1. The zero-order chi connectivity index (χ0) is 15.2. The molecule has 0 spiro atoms. The van der Waals surface area contributed by atoms with Gasteiger partial charge in [-0.05, 0) is 48.9 Å². The Morgan fingerprint density at radius 2 is 2.00 bits per heavy atom. The van der Waals surface area contributed by atoms with Gasteiger partial charge in [0.15, 0.2) is 0 Å². The number of hydrogen-bond acceptors (Lipinski definition) is 3. The number of aryl methyl sites for hydroxylation is 1. The molecule has 0 aromatic heterocycles. The molecule has 3 N–H and O–H groups in total. The highest BCUT2D eigenvalue weighted by Crippen LogP contribution is 2.19. The van der Waals surface area contributed by atoms with Crippen LogP contribution in [0.5, 0.6) is 5.75 Å². The topological polar surface area (TPSA) is 61.4 Å². The van der Waals surface area contributed by atoms with Crippen LogP contribution in [0.15, 0.2) is 42.5 Å². The molecular formula is C17H20N2O2. The van der Waals surface area contributed by atoms with E-state index in [2.05, 4.69) is 17.6 Å². The van der Waals surface area contributed by atoms with Gasteiger partial charge in [0.05, 0.1) is 0 Å². The highest BCUT2D eigenvalue weighted by Gasteiger charge is 2.08. The fourth-order valence-electron chi connectivity index (χ4n) is 1.98. The van der Waals surface area contributed by atoms with Gasteiger partial charge in [-0.3, -0.25) is 4.79 Å². The van der Waals surface area contributed by atoms with E-state index in [-0.39, 0.29) is 11.7 Å². The molecular weight excluding hydrogens is 264 g/mol. The summed E-state index contributed by atoms with van der Waals surface area (Å²) < 4.78 is 0. The number of carbonyl (C=O) groups is 1. The van der Waals surface area contributed by atoms with Gasteiger partial charge in [0, 0.05) is 17.8 Å². The van der Waals surface area contributed by atoms with Gasteiger partial charge >= 0.3 is 0 Å². The van der Waals surface area contributed by atoms with E-state index < -0.39 is 0 Å².